The molecule has 1 aliphatic carbocycles. The van der Waals surface area contributed by atoms with E-state index < -0.39 is 6.04 Å². The summed E-state index contributed by atoms with van der Waals surface area (Å²) in [6.07, 6.45) is 6.95. The van der Waals surface area contributed by atoms with Gasteiger partial charge in [-0.25, -0.2) is 0 Å². The highest BCUT2D eigenvalue weighted by atomic mass is 16.2. The third-order valence-corrected chi connectivity index (χ3v) is 5.64. The number of aryl methyl sites for hydroxylation is 3. The summed E-state index contributed by atoms with van der Waals surface area (Å²) in [6.45, 7) is 5.91. The standard InChI is InChI=1S/C23H29N3O2/c1-15-9-11-19(13-16(15)2)22(27)26-21(18-7-5-4-6-8-18)23(28)25-20-12-10-17(3)24-14-20/h9-14,18,21H,4-8H2,1-3H3,(H,25,28)(H,26,27)/t21-/m1/s1. The van der Waals surface area contributed by atoms with Crippen molar-refractivity contribution in [2.24, 2.45) is 5.92 Å². The van der Waals surface area contributed by atoms with E-state index in [2.05, 4.69) is 15.6 Å². The summed E-state index contributed by atoms with van der Waals surface area (Å²) in [4.78, 5) is 30.1. The number of rotatable bonds is 5. The molecule has 0 spiro atoms. The summed E-state index contributed by atoms with van der Waals surface area (Å²) >= 11 is 0. The number of amides is 2. The first kappa shape index (κ1) is 20.1. The molecular weight excluding hydrogens is 350 g/mol. The highest BCUT2D eigenvalue weighted by Gasteiger charge is 2.31. The van der Waals surface area contributed by atoms with E-state index in [1.807, 2.05) is 51.1 Å². The second-order valence-corrected chi connectivity index (χ2v) is 7.83. The normalized spacial score (nSPS) is 15.7. The predicted octanol–water partition coefficient (Wildman–Crippen LogP) is 4.32. The van der Waals surface area contributed by atoms with Gasteiger partial charge in [-0.3, -0.25) is 14.6 Å². The molecule has 2 aromatic rings. The maximum absolute atomic E-state index is 13.0. The van der Waals surface area contributed by atoms with E-state index in [9.17, 15) is 9.59 Å². The van der Waals surface area contributed by atoms with Crippen LogP contribution in [-0.2, 0) is 4.79 Å². The highest BCUT2D eigenvalue weighted by molar-refractivity contribution is 6.01. The molecule has 1 aromatic carbocycles. The molecule has 5 nitrogen and oxygen atoms in total. The number of nitrogens with zero attached hydrogens (tertiary/aromatic N) is 1. The van der Waals surface area contributed by atoms with E-state index in [-0.39, 0.29) is 17.7 Å². The Kier molecular flexibility index (Phi) is 6.45. The predicted molar refractivity (Wildman–Crippen MR) is 111 cm³/mol. The van der Waals surface area contributed by atoms with Gasteiger partial charge in [-0.05, 0) is 74.9 Å². The monoisotopic (exact) mass is 379 g/mol. The van der Waals surface area contributed by atoms with E-state index in [0.29, 0.717) is 11.3 Å². The Hall–Kier alpha value is -2.69. The van der Waals surface area contributed by atoms with Gasteiger partial charge in [0.2, 0.25) is 5.91 Å². The molecule has 148 valence electrons. The van der Waals surface area contributed by atoms with Gasteiger partial charge in [-0.1, -0.05) is 25.3 Å². The molecule has 28 heavy (non-hydrogen) atoms. The van der Waals surface area contributed by atoms with Gasteiger partial charge in [0.1, 0.15) is 6.04 Å². The van der Waals surface area contributed by atoms with Gasteiger partial charge >= 0.3 is 0 Å². The molecule has 2 amide bonds. The van der Waals surface area contributed by atoms with Crippen LogP contribution in [0, 0.1) is 26.7 Å². The SMILES string of the molecule is Cc1ccc(NC(=O)[C@H](NC(=O)c2ccc(C)c(C)c2)C2CCCCC2)cn1. The zero-order chi connectivity index (χ0) is 20.1. The molecule has 3 rings (SSSR count). The molecule has 2 N–H and O–H groups in total. The average molecular weight is 380 g/mol. The van der Waals surface area contributed by atoms with Crippen LogP contribution in [0.1, 0.15) is 59.3 Å². The molecule has 0 aliphatic heterocycles. The fourth-order valence-electron chi connectivity index (χ4n) is 3.73. The smallest absolute Gasteiger partial charge is 0.251 e. The number of carbonyl (C=O) groups is 2. The van der Waals surface area contributed by atoms with Gasteiger partial charge < -0.3 is 10.6 Å². The molecule has 1 fully saturated rings. The summed E-state index contributed by atoms with van der Waals surface area (Å²) < 4.78 is 0. The Morgan fingerprint density at radius 3 is 2.39 bits per heavy atom. The first-order valence-electron chi connectivity index (χ1n) is 10.1. The lowest BCUT2D eigenvalue weighted by molar-refractivity contribution is -0.119. The van der Waals surface area contributed by atoms with Crippen LogP contribution in [0.15, 0.2) is 36.5 Å². The van der Waals surface area contributed by atoms with Crippen molar-refractivity contribution >= 4 is 17.5 Å². The lowest BCUT2D eigenvalue weighted by atomic mass is 9.83. The van der Waals surface area contributed by atoms with Crippen molar-refractivity contribution in [3.8, 4) is 0 Å². The lowest BCUT2D eigenvalue weighted by Gasteiger charge is -2.30. The molecular formula is C23H29N3O2. The van der Waals surface area contributed by atoms with Crippen LogP contribution < -0.4 is 10.6 Å². The number of hydrogen-bond donors (Lipinski definition) is 2. The molecule has 1 saturated carbocycles. The number of nitrogens with one attached hydrogen (secondary N) is 2. The number of hydrogen-bond acceptors (Lipinski definition) is 3. The van der Waals surface area contributed by atoms with Crippen LogP contribution >= 0.6 is 0 Å². The molecule has 0 unspecified atom stereocenters. The van der Waals surface area contributed by atoms with Crippen molar-refractivity contribution in [1.82, 2.24) is 10.3 Å². The average Bonchev–Trinajstić information content (AvgIpc) is 2.70. The van der Waals surface area contributed by atoms with E-state index in [1.54, 1.807) is 6.20 Å². The fourth-order valence-corrected chi connectivity index (χ4v) is 3.73. The number of pyridine rings is 1. The summed E-state index contributed by atoms with van der Waals surface area (Å²) in [5, 5.41) is 5.94. The van der Waals surface area contributed by atoms with Crippen LogP contribution in [0.2, 0.25) is 0 Å². The van der Waals surface area contributed by atoms with Crippen molar-refractivity contribution in [2.75, 3.05) is 5.32 Å². The summed E-state index contributed by atoms with van der Waals surface area (Å²) in [7, 11) is 0. The highest BCUT2D eigenvalue weighted by Crippen LogP contribution is 2.27. The fraction of sp³-hybridized carbons (Fsp3) is 0.435. The molecule has 1 aromatic heterocycles. The molecule has 5 heteroatoms. The number of aromatic nitrogens is 1. The summed E-state index contributed by atoms with van der Waals surface area (Å²) in [5.74, 6) is -0.215. The maximum atomic E-state index is 13.0. The number of benzene rings is 1. The molecule has 0 bridgehead atoms. The van der Waals surface area contributed by atoms with Crippen molar-refractivity contribution in [3.63, 3.8) is 0 Å². The molecule has 0 radical (unpaired) electrons. The van der Waals surface area contributed by atoms with Crippen LogP contribution in [0.25, 0.3) is 0 Å². The third kappa shape index (κ3) is 4.97. The van der Waals surface area contributed by atoms with Crippen molar-refractivity contribution < 1.29 is 9.59 Å². The minimum Gasteiger partial charge on any atom is -0.340 e. The zero-order valence-corrected chi connectivity index (χ0v) is 16.9. The quantitative estimate of drug-likeness (QED) is 0.812. The molecule has 0 saturated heterocycles. The Bertz CT molecular complexity index is 839. The van der Waals surface area contributed by atoms with Crippen molar-refractivity contribution in [2.45, 2.75) is 58.9 Å². The topological polar surface area (TPSA) is 71.1 Å². The van der Waals surface area contributed by atoms with E-state index in [1.165, 1.54) is 6.42 Å². The minimum absolute atomic E-state index is 0.155. The Labute approximate surface area is 167 Å². The zero-order valence-electron chi connectivity index (χ0n) is 16.9. The van der Waals surface area contributed by atoms with Crippen molar-refractivity contribution in [3.05, 3.63) is 58.9 Å². The van der Waals surface area contributed by atoms with E-state index in [0.717, 1.165) is 42.5 Å². The Morgan fingerprint density at radius 2 is 1.75 bits per heavy atom. The second-order valence-electron chi connectivity index (χ2n) is 7.83. The largest absolute Gasteiger partial charge is 0.340 e. The van der Waals surface area contributed by atoms with Crippen molar-refractivity contribution in [1.29, 1.82) is 0 Å². The molecule has 1 aliphatic rings. The Balaban J connectivity index is 1.77. The number of anilines is 1. The van der Waals surface area contributed by atoms with Gasteiger partial charge in [0.25, 0.3) is 5.91 Å². The minimum atomic E-state index is -0.546. The van der Waals surface area contributed by atoms with E-state index in [4.69, 9.17) is 0 Å². The Morgan fingerprint density at radius 1 is 1.00 bits per heavy atom. The van der Waals surface area contributed by atoms with Crippen LogP contribution in [0.3, 0.4) is 0 Å². The lowest BCUT2D eigenvalue weighted by Crippen LogP contribution is -2.49. The van der Waals surface area contributed by atoms with Gasteiger partial charge in [0.15, 0.2) is 0 Å². The molecule has 1 heterocycles. The van der Waals surface area contributed by atoms with Gasteiger partial charge in [-0.15, -0.1) is 0 Å². The summed E-state index contributed by atoms with van der Waals surface area (Å²) in [5.41, 5.74) is 4.34. The van der Waals surface area contributed by atoms with E-state index >= 15 is 0 Å². The third-order valence-electron chi connectivity index (χ3n) is 5.64. The summed E-state index contributed by atoms with van der Waals surface area (Å²) in [6, 6.07) is 8.79. The number of carbonyl (C=O) groups excluding carboxylic acids is 2. The van der Waals surface area contributed by atoms with Crippen LogP contribution in [-0.4, -0.2) is 22.8 Å². The molecule has 1 atom stereocenters. The first-order chi connectivity index (χ1) is 13.4. The second kappa shape index (κ2) is 9.00. The maximum Gasteiger partial charge on any atom is 0.251 e. The van der Waals surface area contributed by atoms with Gasteiger partial charge in [0, 0.05) is 11.3 Å². The first-order valence-corrected chi connectivity index (χ1v) is 10.1. The van der Waals surface area contributed by atoms with Crippen LogP contribution in [0.5, 0.6) is 0 Å². The van der Waals surface area contributed by atoms with Gasteiger partial charge in [-0.2, -0.15) is 0 Å². The van der Waals surface area contributed by atoms with Gasteiger partial charge in [0.05, 0.1) is 11.9 Å². The van der Waals surface area contributed by atoms with Crippen LogP contribution in [0.4, 0.5) is 5.69 Å².